The molecule has 8 rings (SSSR count). The molecule has 4 heterocycles. The van der Waals surface area contributed by atoms with Crippen molar-refractivity contribution in [1.29, 1.82) is 0 Å². The van der Waals surface area contributed by atoms with Crippen LogP contribution in [0.25, 0.3) is 66.5 Å². The summed E-state index contributed by atoms with van der Waals surface area (Å²) in [5.41, 5.74) is 11.1. The van der Waals surface area contributed by atoms with E-state index in [1.807, 2.05) is 72.9 Å². The molecule has 47 heavy (non-hydrogen) atoms. The van der Waals surface area contributed by atoms with Crippen LogP contribution in [0.15, 0.2) is 132 Å². The smallest absolute Gasteiger partial charge is 0.120 e. The third-order valence-electron chi connectivity index (χ3n) is 8.12. The second-order valence-corrected chi connectivity index (χ2v) is 12.4. The third kappa shape index (κ3) is 6.64. The van der Waals surface area contributed by atoms with Crippen molar-refractivity contribution in [2.24, 2.45) is 0 Å². The summed E-state index contributed by atoms with van der Waals surface area (Å²) in [4.78, 5) is 13.8. The quantitative estimate of drug-likeness (QED) is 0.167. The minimum Gasteiger partial charge on any atom is -0.501 e. The molecule has 4 nitrogen and oxygen atoms in total. The van der Waals surface area contributed by atoms with Crippen LogP contribution in [-0.4, -0.2) is 15.0 Å². The van der Waals surface area contributed by atoms with Crippen molar-refractivity contribution in [1.82, 2.24) is 15.0 Å². The second-order valence-electron chi connectivity index (χ2n) is 12.4. The monoisotopic (exact) mass is 788 g/mol. The number of aryl methyl sites for hydroxylation is 1. The number of hydrogen-bond acceptors (Lipinski definition) is 4. The van der Waals surface area contributed by atoms with E-state index in [2.05, 4.69) is 98.3 Å². The SMILES string of the molecule is Cc1cc2nc(C(C)(C)C)ccc2cc1-c1ccnc(-c2[c-]ccc3c2oc2ccccc23)c1.[Ir].[c-]1ccccc1-c1ccccn1. The van der Waals surface area contributed by atoms with Crippen molar-refractivity contribution < 1.29 is 24.5 Å². The molecule has 5 heteroatoms. The molecular formula is C42H33IrN3O-2. The molecule has 0 spiro atoms. The maximum absolute atomic E-state index is 6.22. The average Bonchev–Trinajstić information content (AvgIpc) is 3.47. The molecule has 0 saturated carbocycles. The van der Waals surface area contributed by atoms with Crippen molar-refractivity contribution in [3.8, 4) is 33.6 Å². The summed E-state index contributed by atoms with van der Waals surface area (Å²) in [6.45, 7) is 8.73. The van der Waals surface area contributed by atoms with Crippen LogP contribution in [0.1, 0.15) is 32.0 Å². The van der Waals surface area contributed by atoms with Gasteiger partial charge in [0.1, 0.15) is 5.58 Å². The minimum atomic E-state index is 0. The van der Waals surface area contributed by atoms with Crippen molar-refractivity contribution in [3.05, 3.63) is 151 Å². The number of fused-ring (bicyclic) bond motifs is 4. The van der Waals surface area contributed by atoms with Gasteiger partial charge in [-0.25, -0.2) is 0 Å². The molecule has 0 fully saturated rings. The molecule has 4 aromatic carbocycles. The van der Waals surface area contributed by atoms with Crippen molar-refractivity contribution in [3.63, 3.8) is 0 Å². The van der Waals surface area contributed by atoms with E-state index in [4.69, 9.17) is 9.40 Å². The Balaban J connectivity index is 0.000000250. The van der Waals surface area contributed by atoms with Crippen LogP contribution in [0.3, 0.4) is 0 Å². The summed E-state index contributed by atoms with van der Waals surface area (Å²) in [6.07, 6.45) is 3.65. The first kappa shape index (κ1) is 32.0. The van der Waals surface area contributed by atoms with Gasteiger partial charge in [-0.15, -0.1) is 54.1 Å². The standard InChI is InChI=1S/C31H25N2O.C11H8N.Ir/c1-19-16-26-21(12-13-29(33-26)31(2,3)4)17-25(19)20-14-15-32-27(18-20)24-10-7-9-23-22-8-5-6-11-28(22)34-30(23)24;1-2-6-10(7-3-1)11-8-4-5-9-12-11;/h5-9,11-18H,1-4H3;1-6,8-9H;/q2*-1;. The van der Waals surface area contributed by atoms with Crippen molar-refractivity contribution in [2.75, 3.05) is 0 Å². The molecule has 233 valence electrons. The first-order valence-corrected chi connectivity index (χ1v) is 15.4. The summed E-state index contributed by atoms with van der Waals surface area (Å²) in [7, 11) is 0. The minimum absolute atomic E-state index is 0. The van der Waals surface area contributed by atoms with Gasteiger partial charge >= 0.3 is 0 Å². The number of nitrogens with zero attached hydrogens (tertiary/aromatic N) is 3. The zero-order valence-corrected chi connectivity index (χ0v) is 29.1. The van der Waals surface area contributed by atoms with Gasteiger partial charge in [0.2, 0.25) is 0 Å². The van der Waals surface area contributed by atoms with Gasteiger partial charge in [-0.05, 0) is 71.4 Å². The molecular weight excluding hydrogens is 755 g/mol. The number of benzene rings is 4. The fourth-order valence-electron chi connectivity index (χ4n) is 5.69. The van der Waals surface area contributed by atoms with Gasteiger partial charge < -0.3 is 14.4 Å². The van der Waals surface area contributed by atoms with Gasteiger partial charge in [-0.3, -0.25) is 4.98 Å². The van der Waals surface area contributed by atoms with Crippen molar-refractivity contribution >= 4 is 32.8 Å². The number of aromatic nitrogens is 3. The van der Waals surface area contributed by atoms with E-state index in [0.717, 1.165) is 66.6 Å². The zero-order valence-electron chi connectivity index (χ0n) is 26.7. The van der Waals surface area contributed by atoms with Crippen LogP contribution >= 0.6 is 0 Å². The molecule has 0 aliphatic rings. The Bertz CT molecular complexity index is 2270. The Labute approximate surface area is 288 Å². The first-order valence-electron chi connectivity index (χ1n) is 15.4. The first-order chi connectivity index (χ1) is 22.3. The molecule has 0 unspecified atom stereocenters. The van der Waals surface area contributed by atoms with Gasteiger partial charge in [0.25, 0.3) is 0 Å². The molecule has 0 aliphatic heterocycles. The molecule has 4 aromatic heterocycles. The summed E-state index contributed by atoms with van der Waals surface area (Å²) in [5, 5.41) is 3.33. The molecule has 0 N–H and O–H groups in total. The van der Waals surface area contributed by atoms with E-state index in [1.165, 1.54) is 11.1 Å². The van der Waals surface area contributed by atoms with Crippen LogP contribution in [0, 0.1) is 19.1 Å². The van der Waals surface area contributed by atoms with Crippen molar-refractivity contribution in [2.45, 2.75) is 33.1 Å². The van der Waals surface area contributed by atoms with Gasteiger partial charge in [-0.1, -0.05) is 74.2 Å². The van der Waals surface area contributed by atoms with Gasteiger partial charge in [0, 0.05) is 54.4 Å². The molecule has 0 aliphatic carbocycles. The summed E-state index contributed by atoms with van der Waals surface area (Å²) in [6, 6.07) is 45.2. The van der Waals surface area contributed by atoms with Gasteiger partial charge in [0.15, 0.2) is 0 Å². The predicted molar refractivity (Wildman–Crippen MR) is 188 cm³/mol. The summed E-state index contributed by atoms with van der Waals surface area (Å²) < 4.78 is 6.22. The van der Waals surface area contributed by atoms with Gasteiger partial charge in [0.05, 0.1) is 11.1 Å². The number of pyridine rings is 3. The van der Waals surface area contributed by atoms with E-state index in [-0.39, 0.29) is 25.5 Å². The maximum Gasteiger partial charge on any atom is 0.120 e. The Morgan fingerprint density at radius 1 is 0.681 bits per heavy atom. The molecule has 0 amide bonds. The summed E-state index contributed by atoms with van der Waals surface area (Å²) >= 11 is 0. The number of rotatable bonds is 3. The fraction of sp³-hybridized carbons (Fsp3) is 0.119. The Morgan fingerprint density at radius 2 is 1.49 bits per heavy atom. The number of para-hydroxylation sites is 1. The van der Waals surface area contributed by atoms with E-state index >= 15 is 0 Å². The topological polar surface area (TPSA) is 51.8 Å². The van der Waals surface area contributed by atoms with E-state index in [9.17, 15) is 0 Å². The third-order valence-corrected chi connectivity index (χ3v) is 8.12. The number of hydrogen-bond donors (Lipinski definition) is 0. The predicted octanol–water partition coefficient (Wildman–Crippen LogP) is 10.8. The van der Waals surface area contributed by atoms with Gasteiger partial charge in [-0.2, -0.15) is 0 Å². The van der Waals surface area contributed by atoms with E-state index in [1.54, 1.807) is 6.20 Å². The molecule has 0 bridgehead atoms. The summed E-state index contributed by atoms with van der Waals surface area (Å²) in [5.74, 6) is 0. The van der Waals surface area contributed by atoms with E-state index in [0.29, 0.717) is 0 Å². The Morgan fingerprint density at radius 3 is 2.28 bits per heavy atom. The zero-order chi connectivity index (χ0) is 31.7. The fourth-order valence-corrected chi connectivity index (χ4v) is 5.69. The molecule has 0 atom stereocenters. The second kappa shape index (κ2) is 13.4. The normalized spacial score (nSPS) is 11.2. The molecule has 1 radical (unpaired) electrons. The Hall–Kier alpha value is -4.96. The number of furan rings is 1. The van der Waals surface area contributed by atoms with Crippen LogP contribution in [0.4, 0.5) is 0 Å². The largest absolute Gasteiger partial charge is 0.501 e. The molecule has 8 aromatic rings. The van der Waals surface area contributed by atoms with E-state index < -0.39 is 0 Å². The van der Waals surface area contributed by atoms with Crippen LogP contribution < -0.4 is 0 Å². The molecule has 0 saturated heterocycles. The van der Waals surface area contributed by atoms with Crippen LogP contribution in [0.2, 0.25) is 0 Å². The van der Waals surface area contributed by atoms with Crippen LogP contribution in [-0.2, 0) is 25.5 Å². The maximum atomic E-state index is 6.22. The van der Waals surface area contributed by atoms with Crippen LogP contribution in [0.5, 0.6) is 0 Å². The Kier molecular flexibility index (Phi) is 9.13. The average molecular weight is 788 g/mol.